The van der Waals surface area contributed by atoms with Gasteiger partial charge in [0.15, 0.2) is 0 Å². The average molecular weight is 492 g/mol. The highest BCUT2D eigenvalue weighted by Crippen LogP contribution is 2.43. The molecule has 1 N–H and O–H groups in total. The maximum Gasteiger partial charge on any atom is 0.295 e. The third-order valence-corrected chi connectivity index (χ3v) is 5.73. The summed E-state index contributed by atoms with van der Waals surface area (Å²) in [5.74, 6) is -0.743. The van der Waals surface area contributed by atoms with Crippen molar-refractivity contribution >= 4 is 40.7 Å². The van der Waals surface area contributed by atoms with Crippen LogP contribution in [-0.2, 0) is 9.59 Å². The smallest absolute Gasteiger partial charge is 0.295 e. The molecule has 8 heteroatoms. The number of amides is 1. The van der Waals surface area contributed by atoms with Gasteiger partial charge in [0.2, 0.25) is 0 Å². The summed E-state index contributed by atoms with van der Waals surface area (Å²) >= 11 is 12.4. The summed E-state index contributed by atoms with van der Waals surface area (Å²) in [5.41, 5.74) is 0.741. The van der Waals surface area contributed by atoms with Crippen LogP contribution in [-0.4, -0.2) is 42.0 Å². The fraction of sp³-hybridized carbons (Fsp3) is 0.360. The van der Waals surface area contributed by atoms with E-state index in [0.717, 1.165) is 0 Å². The van der Waals surface area contributed by atoms with Crippen molar-refractivity contribution < 1.29 is 24.2 Å². The van der Waals surface area contributed by atoms with Crippen LogP contribution in [0.1, 0.15) is 44.4 Å². The van der Waals surface area contributed by atoms with Gasteiger partial charge in [-0.2, -0.15) is 0 Å². The van der Waals surface area contributed by atoms with Gasteiger partial charge in [0.05, 0.1) is 35.9 Å². The minimum atomic E-state index is -0.796. The van der Waals surface area contributed by atoms with Gasteiger partial charge in [0, 0.05) is 11.6 Å². The Kier molecular flexibility index (Phi) is 7.92. The van der Waals surface area contributed by atoms with Crippen LogP contribution in [0.5, 0.6) is 11.5 Å². The molecule has 2 aromatic carbocycles. The Morgan fingerprint density at radius 1 is 1.18 bits per heavy atom. The number of aliphatic hydroxyl groups is 1. The summed E-state index contributed by atoms with van der Waals surface area (Å²) < 4.78 is 11.2. The second kappa shape index (κ2) is 10.5. The fourth-order valence-electron chi connectivity index (χ4n) is 3.82. The van der Waals surface area contributed by atoms with Gasteiger partial charge in [-0.3, -0.25) is 9.59 Å². The fourth-order valence-corrected chi connectivity index (χ4v) is 4.39. The first-order valence-corrected chi connectivity index (χ1v) is 11.5. The molecular weight excluding hydrogens is 465 g/mol. The standard InChI is InChI=1S/C25H27Cl2NO5/c1-5-9-28-21(15-7-6-8-17(10-15)33-13-14(2)3)20(23(30)25(28)31)22(29)18-11-16(26)12-19(27)24(18)32-4/h6-8,10-12,14,21,29H,5,9,13H2,1-4H3/b22-20+. The van der Waals surface area contributed by atoms with E-state index in [1.807, 2.05) is 26.8 Å². The Bertz CT molecular complexity index is 1100. The molecule has 1 unspecified atom stereocenters. The maximum atomic E-state index is 13.1. The second-order valence-electron chi connectivity index (χ2n) is 8.24. The molecule has 0 bridgehead atoms. The van der Waals surface area contributed by atoms with Gasteiger partial charge in [-0.1, -0.05) is 56.1 Å². The van der Waals surface area contributed by atoms with Gasteiger partial charge in [-0.15, -0.1) is 0 Å². The molecule has 0 aliphatic carbocycles. The number of carbonyl (C=O) groups excluding carboxylic acids is 2. The zero-order valence-corrected chi connectivity index (χ0v) is 20.5. The van der Waals surface area contributed by atoms with E-state index in [2.05, 4.69) is 0 Å². The predicted molar refractivity (Wildman–Crippen MR) is 129 cm³/mol. The Balaban J connectivity index is 2.20. The van der Waals surface area contributed by atoms with Crippen LogP contribution in [0.15, 0.2) is 42.0 Å². The quantitative estimate of drug-likeness (QED) is 0.284. The number of methoxy groups -OCH3 is 1. The lowest BCUT2D eigenvalue weighted by Gasteiger charge is -2.25. The number of Topliss-reactive ketones (excluding diaryl/α,β-unsaturated/α-hetero) is 1. The Morgan fingerprint density at radius 2 is 1.91 bits per heavy atom. The topological polar surface area (TPSA) is 76.1 Å². The van der Waals surface area contributed by atoms with Gasteiger partial charge < -0.3 is 19.5 Å². The van der Waals surface area contributed by atoms with Crippen LogP contribution < -0.4 is 9.47 Å². The molecule has 6 nitrogen and oxygen atoms in total. The molecule has 3 rings (SSSR count). The summed E-state index contributed by atoms with van der Waals surface area (Å²) in [6.45, 7) is 6.87. The van der Waals surface area contributed by atoms with E-state index < -0.39 is 23.5 Å². The molecule has 33 heavy (non-hydrogen) atoms. The summed E-state index contributed by atoms with van der Waals surface area (Å²) in [7, 11) is 1.40. The van der Waals surface area contributed by atoms with Gasteiger partial charge in [0.25, 0.3) is 11.7 Å². The van der Waals surface area contributed by atoms with Crippen molar-refractivity contribution in [2.24, 2.45) is 5.92 Å². The van der Waals surface area contributed by atoms with Crippen molar-refractivity contribution in [2.75, 3.05) is 20.3 Å². The van der Waals surface area contributed by atoms with Crippen LogP contribution >= 0.6 is 23.2 Å². The molecule has 176 valence electrons. The third kappa shape index (κ3) is 5.12. The van der Waals surface area contributed by atoms with E-state index in [1.54, 1.807) is 18.2 Å². The molecule has 1 atom stereocenters. The molecular formula is C25H27Cl2NO5. The lowest BCUT2D eigenvalue weighted by molar-refractivity contribution is -0.139. The SMILES string of the molecule is CCCN1C(=O)C(=O)/C(=C(/O)c2cc(Cl)cc(Cl)c2OC)C1c1cccc(OCC(C)C)c1. The molecule has 1 aliphatic rings. The number of hydrogen-bond donors (Lipinski definition) is 1. The van der Waals surface area contributed by atoms with Crippen LogP contribution in [0.4, 0.5) is 0 Å². The number of hydrogen-bond acceptors (Lipinski definition) is 5. The number of likely N-dealkylation sites (tertiary alicyclic amines) is 1. The Morgan fingerprint density at radius 3 is 2.55 bits per heavy atom. The number of ether oxygens (including phenoxy) is 2. The number of carbonyl (C=O) groups is 2. The summed E-state index contributed by atoms with van der Waals surface area (Å²) in [5, 5.41) is 11.7. The number of ketones is 1. The van der Waals surface area contributed by atoms with E-state index in [9.17, 15) is 14.7 Å². The lowest BCUT2D eigenvalue weighted by Crippen LogP contribution is -2.30. The van der Waals surface area contributed by atoms with Crippen molar-refractivity contribution in [3.63, 3.8) is 0 Å². The first-order valence-electron chi connectivity index (χ1n) is 10.7. The highest BCUT2D eigenvalue weighted by atomic mass is 35.5. The van der Waals surface area contributed by atoms with Gasteiger partial charge in [-0.25, -0.2) is 0 Å². The molecule has 0 aromatic heterocycles. The van der Waals surface area contributed by atoms with Crippen LogP contribution in [0.25, 0.3) is 5.76 Å². The van der Waals surface area contributed by atoms with E-state index in [1.165, 1.54) is 24.1 Å². The average Bonchev–Trinajstić information content (AvgIpc) is 3.02. The molecule has 1 aliphatic heterocycles. The van der Waals surface area contributed by atoms with Crippen molar-refractivity contribution in [3.8, 4) is 11.5 Å². The predicted octanol–water partition coefficient (Wildman–Crippen LogP) is 5.87. The molecule has 2 aromatic rings. The van der Waals surface area contributed by atoms with E-state index in [0.29, 0.717) is 36.8 Å². The highest BCUT2D eigenvalue weighted by Gasteiger charge is 2.46. The van der Waals surface area contributed by atoms with Crippen molar-refractivity contribution in [1.82, 2.24) is 4.90 Å². The number of benzene rings is 2. The third-order valence-electron chi connectivity index (χ3n) is 5.23. The van der Waals surface area contributed by atoms with E-state index >= 15 is 0 Å². The molecule has 0 spiro atoms. The van der Waals surface area contributed by atoms with Crippen molar-refractivity contribution in [2.45, 2.75) is 33.2 Å². The van der Waals surface area contributed by atoms with E-state index in [-0.39, 0.29) is 26.9 Å². The van der Waals surface area contributed by atoms with Crippen LogP contribution in [0.2, 0.25) is 10.0 Å². The molecule has 1 amide bonds. The highest BCUT2D eigenvalue weighted by molar-refractivity contribution is 6.46. The minimum absolute atomic E-state index is 0.0499. The first-order chi connectivity index (χ1) is 15.7. The second-order valence-corrected chi connectivity index (χ2v) is 9.08. The summed E-state index contributed by atoms with van der Waals surface area (Å²) in [6.07, 6.45) is 0.638. The Hall–Kier alpha value is -2.70. The van der Waals surface area contributed by atoms with Gasteiger partial charge in [-0.05, 0) is 42.2 Å². The normalized spacial score (nSPS) is 17.7. The summed E-state index contributed by atoms with van der Waals surface area (Å²) in [6, 6.07) is 9.34. The Labute approximate surface area is 203 Å². The maximum absolute atomic E-state index is 13.1. The number of rotatable bonds is 8. The lowest BCUT2D eigenvalue weighted by atomic mass is 9.94. The van der Waals surface area contributed by atoms with Crippen molar-refractivity contribution in [3.05, 3.63) is 63.1 Å². The molecule has 1 fully saturated rings. The van der Waals surface area contributed by atoms with Crippen LogP contribution in [0.3, 0.4) is 0 Å². The zero-order chi connectivity index (χ0) is 24.3. The minimum Gasteiger partial charge on any atom is -0.507 e. The number of nitrogens with zero attached hydrogens (tertiary/aromatic N) is 1. The molecule has 0 saturated carbocycles. The number of aliphatic hydroxyl groups excluding tert-OH is 1. The largest absolute Gasteiger partial charge is 0.507 e. The molecule has 0 radical (unpaired) electrons. The first kappa shape index (κ1) is 24.9. The van der Waals surface area contributed by atoms with E-state index in [4.69, 9.17) is 32.7 Å². The van der Waals surface area contributed by atoms with Crippen LogP contribution in [0, 0.1) is 5.92 Å². The number of halogens is 2. The summed E-state index contributed by atoms with van der Waals surface area (Å²) in [4.78, 5) is 27.5. The molecule has 1 saturated heterocycles. The van der Waals surface area contributed by atoms with Gasteiger partial charge >= 0.3 is 0 Å². The van der Waals surface area contributed by atoms with Gasteiger partial charge in [0.1, 0.15) is 17.3 Å². The van der Waals surface area contributed by atoms with Crippen molar-refractivity contribution in [1.29, 1.82) is 0 Å². The monoisotopic (exact) mass is 491 g/mol. The zero-order valence-electron chi connectivity index (χ0n) is 19.0. The molecule has 1 heterocycles.